The number of hydrogen-bond acceptors (Lipinski definition) is 7. The summed E-state index contributed by atoms with van der Waals surface area (Å²) in [6, 6.07) is -5.01. The number of rotatable bonds is 14. The molecular weight excluding hydrogens is 442 g/mol. The number of unbranched alkanes of at least 4 members (excludes halogenated alkanes) is 1. The Morgan fingerprint density at radius 3 is 1.82 bits per heavy atom. The van der Waals surface area contributed by atoms with Crippen molar-refractivity contribution in [2.75, 3.05) is 6.54 Å². The molecule has 1 fully saturated rings. The van der Waals surface area contributed by atoms with E-state index in [1.54, 1.807) is 0 Å². The molecule has 33 heavy (non-hydrogen) atoms. The van der Waals surface area contributed by atoms with E-state index in [1.165, 1.54) is 13.8 Å². The minimum atomic E-state index is -1.89. The number of urea groups is 1. The second-order valence-corrected chi connectivity index (χ2v) is 7.51. The van der Waals surface area contributed by atoms with Crippen molar-refractivity contribution in [2.45, 2.75) is 70.9 Å². The maximum Gasteiger partial charge on any atom is 0.335 e. The van der Waals surface area contributed by atoms with Crippen molar-refractivity contribution in [3.63, 3.8) is 0 Å². The second kappa shape index (κ2) is 11.8. The molecule has 1 unspecified atom stereocenters. The van der Waals surface area contributed by atoms with Gasteiger partial charge in [-0.3, -0.25) is 14.4 Å². The molecule has 2 atom stereocenters. The van der Waals surface area contributed by atoms with Crippen LogP contribution in [0.5, 0.6) is 0 Å². The molecule has 0 spiro atoms. The van der Waals surface area contributed by atoms with Gasteiger partial charge in [-0.05, 0) is 37.6 Å². The lowest BCUT2D eigenvalue weighted by Gasteiger charge is -2.46. The summed E-state index contributed by atoms with van der Waals surface area (Å²) in [6.07, 6.45) is -1.33. The van der Waals surface area contributed by atoms with Crippen molar-refractivity contribution in [2.24, 2.45) is 10.5 Å². The molecule has 1 rings (SSSR count). The molecule has 1 saturated heterocycles. The zero-order valence-corrected chi connectivity index (χ0v) is 18.3. The number of carboxylic acids is 3. The Labute approximate surface area is 188 Å². The highest BCUT2D eigenvalue weighted by atomic mass is 16.4. The van der Waals surface area contributed by atoms with Crippen LogP contribution in [0.1, 0.15) is 58.8 Å². The van der Waals surface area contributed by atoms with E-state index in [9.17, 15) is 39.0 Å². The highest BCUT2D eigenvalue weighted by molar-refractivity contribution is 6.21. The van der Waals surface area contributed by atoms with Crippen LogP contribution in [-0.2, 0) is 24.0 Å². The number of nitrogens with zero attached hydrogens (tertiary/aromatic N) is 5. The predicted octanol–water partition coefficient (Wildman–Crippen LogP) is 1.84. The third-order valence-electron chi connectivity index (χ3n) is 5.75. The zero-order valence-electron chi connectivity index (χ0n) is 18.3. The molecule has 1 heterocycles. The van der Waals surface area contributed by atoms with E-state index in [-0.39, 0.29) is 38.6 Å². The number of hydrogen-bond donors (Lipinski definition) is 3. The molecule has 0 saturated carbocycles. The molecule has 3 N–H and O–H groups in total. The van der Waals surface area contributed by atoms with Crippen LogP contribution in [0.2, 0.25) is 0 Å². The van der Waals surface area contributed by atoms with Crippen molar-refractivity contribution < 1.29 is 44.1 Å². The SMILES string of the molecule is CCC1(CC)C(=O)N(C(CCC(=O)O)C(=O)O)C(=O)N([C@@H](CCCCN=[N+]=[N-])C(=O)O)C1=O. The number of imide groups is 2. The number of carbonyl (C=O) groups is 6. The standard InChI is InChI=1S/C19H27N5O9/c1-3-19(4-2)16(31)23(11(14(27)28)7-5-6-10-21-22-20)18(33)24(17(19)32)12(15(29)30)8-9-13(25)26/h11-12H,3-10H2,1-2H3,(H,25,26)(H,27,28)(H,29,30)/t11-,12?/m0/s1. The number of carboxylic acid groups (broad SMARTS) is 3. The molecule has 0 aromatic rings. The lowest BCUT2D eigenvalue weighted by molar-refractivity contribution is -0.170. The lowest BCUT2D eigenvalue weighted by atomic mass is 9.77. The maximum absolute atomic E-state index is 13.3. The summed E-state index contributed by atoms with van der Waals surface area (Å²) >= 11 is 0. The van der Waals surface area contributed by atoms with Crippen LogP contribution >= 0.6 is 0 Å². The largest absolute Gasteiger partial charge is 0.481 e. The molecule has 0 radical (unpaired) electrons. The van der Waals surface area contributed by atoms with Crippen LogP contribution in [0.15, 0.2) is 5.11 Å². The Morgan fingerprint density at radius 1 is 0.939 bits per heavy atom. The average molecular weight is 469 g/mol. The first-order valence-corrected chi connectivity index (χ1v) is 10.4. The van der Waals surface area contributed by atoms with Gasteiger partial charge in [0.05, 0.1) is 0 Å². The Bertz CT molecular complexity index is 864. The zero-order chi connectivity index (χ0) is 25.3. The van der Waals surface area contributed by atoms with E-state index in [2.05, 4.69) is 10.0 Å². The van der Waals surface area contributed by atoms with Crippen LogP contribution in [0.4, 0.5) is 4.79 Å². The molecule has 4 amide bonds. The van der Waals surface area contributed by atoms with E-state index < -0.39 is 66.1 Å². The Balaban J connectivity index is 3.49. The third kappa shape index (κ3) is 5.77. The van der Waals surface area contributed by atoms with Gasteiger partial charge in [0.1, 0.15) is 17.5 Å². The van der Waals surface area contributed by atoms with Gasteiger partial charge in [0.25, 0.3) is 0 Å². The van der Waals surface area contributed by atoms with E-state index in [0.717, 1.165) is 0 Å². The van der Waals surface area contributed by atoms with Gasteiger partial charge < -0.3 is 15.3 Å². The van der Waals surface area contributed by atoms with E-state index >= 15 is 0 Å². The molecule has 182 valence electrons. The number of barbiturate groups is 1. The lowest BCUT2D eigenvalue weighted by Crippen LogP contribution is -2.70. The fourth-order valence-corrected chi connectivity index (χ4v) is 3.80. The normalized spacial score (nSPS) is 17.3. The number of azide groups is 1. The first kappa shape index (κ1) is 27.4. The monoisotopic (exact) mass is 469 g/mol. The van der Waals surface area contributed by atoms with E-state index in [1.807, 2.05) is 0 Å². The topological polar surface area (TPSA) is 218 Å². The van der Waals surface area contributed by atoms with Gasteiger partial charge in [0.2, 0.25) is 11.8 Å². The van der Waals surface area contributed by atoms with E-state index in [0.29, 0.717) is 9.80 Å². The quantitative estimate of drug-likeness (QED) is 0.111. The molecule has 1 aliphatic heterocycles. The summed E-state index contributed by atoms with van der Waals surface area (Å²) in [5.74, 6) is -6.68. The van der Waals surface area contributed by atoms with Crippen LogP contribution in [0.25, 0.3) is 10.4 Å². The van der Waals surface area contributed by atoms with Gasteiger partial charge in [-0.1, -0.05) is 25.4 Å². The number of amides is 4. The van der Waals surface area contributed by atoms with Crippen molar-refractivity contribution >= 4 is 35.8 Å². The first-order chi connectivity index (χ1) is 15.5. The van der Waals surface area contributed by atoms with E-state index in [4.69, 9.17) is 10.6 Å². The van der Waals surface area contributed by atoms with Crippen molar-refractivity contribution in [1.29, 1.82) is 0 Å². The summed E-state index contributed by atoms with van der Waals surface area (Å²) in [6.45, 7) is 3.03. The molecule has 1 aliphatic rings. The third-order valence-corrected chi connectivity index (χ3v) is 5.75. The molecule has 0 aromatic heterocycles. The highest BCUT2D eigenvalue weighted by Crippen LogP contribution is 2.39. The average Bonchev–Trinajstić information content (AvgIpc) is 2.74. The molecule has 0 aromatic carbocycles. The van der Waals surface area contributed by atoms with Gasteiger partial charge in [0, 0.05) is 17.9 Å². The maximum atomic E-state index is 13.3. The second-order valence-electron chi connectivity index (χ2n) is 7.51. The summed E-state index contributed by atoms with van der Waals surface area (Å²) in [5, 5.41) is 31.6. The number of aliphatic carboxylic acids is 3. The smallest absolute Gasteiger partial charge is 0.335 e. The Hall–Kier alpha value is -3.67. The van der Waals surface area contributed by atoms with Gasteiger partial charge in [-0.25, -0.2) is 24.2 Å². The van der Waals surface area contributed by atoms with Gasteiger partial charge >= 0.3 is 23.9 Å². The van der Waals surface area contributed by atoms with Crippen LogP contribution in [0, 0.1) is 5.41 Å². The molecule has 0 bridgehead atoms. The summed E-state index contributed by atoms with van der Waals surface area (Å²) in [5.41, 5.74) is 6.45. The fraction of sp³-hybridized carbons (Fsp3) is 0.684. The fourth-order valence-electron chi connectivity index (χ4n) is 3.80. The van der Waals surface area contributed by atoms with Gasteiger partial charge in [0.15, 0.2) is 0 Å². The van der Waals surface area contributed by atoms with Crippen LogP contribution < -0.4 is 0 Å². The Kier molecular flexibility index (Phi) is 9.79. The van der Waals surface area contributed by atoms with Crippen molar-refractivity contribution in [3.8, 4) is 0 Å². The van der Waals surface area contributed by atoms with Crippen molar-refractivity contribution in [3.05, 3.63) is 10.4 Å². The summed E-state index contributed by atoms with van der Waals surface area (Å²) < 4.78 is 0. The summed E-state index contributed by atoms with van der Waals surface area (Å²) in [7, 11) is 0. The van der Waals surface area contributed by atoms with Crippen LogP contribution in [-0.4, -0.2) is 79.5 Å². The minimum absolute atomic E-state index is 0.0689. The Morgan fingerprint density at radius 2 is 1.42 bits per heavy atom. The molecule has 14 heteroatoms. The van der Waals surface area contributed by atoms with Crippen molar-refractivity contribution in [1.82, 2.24) is 9.80 Å². The highest BCUT2D eigenvalue weighted by Gasteiger charge is 2.59. The molecular formula is C19H27N5O9. The summed E-state index contributed by atoms with van der Waals surface area (Å²) in [4.78, 5) is 77.8. The minimum Gasteiger partial charge on any atom is -0.481 e. The number of carbonyl (C=O) groups excluding carboxylic acids is 3. The predicted molar refractivity (Wildman–Crippen MR) is 110 cm³/mol. The van der Waals surface area contributed by atoms with Crippen LogP contribution in [0.3, 0.4) is 0 Å². The molecule has 14 nitrogen and oxygen atoms in total. The first-order valence-electron chi connectivity index (χ1n) is 10.4. The van der Waals surface area contributed by atoms with Gasteiger partial charge in [-0.15, -0.1) is 0 Å². The van der Waals surface area contributed by atoms with Gasteiger partial charge in [-0.2, -0.15) is 0 Å². The molecule has 0 aliphatic carbocycles.